The number of hydrogen-bond donors (Lipinski definition) is 1. The van der Waals surface area contributed by atoms with Crippen LogP contribution < -0.4 is 5.32 Å². The molecular formula is C22H19FN4O. The second-order valence-electron chi connectivity index (χ2n) is 6.53. The number of hydrogen-bond acceptors (Lipinski definition) is 3. The molecule has 4 aromatic rings. The molecule has 0 saturated carbocycles. The Morgan fingerprint density at radius 1 is 1.14 bits per heavy atom. The Morgan fingerprint density at radius 2 is 1.93 bits per heavy atom. The van der Waals surface area contributed by atoms with Gasteiger partial charge in [0.2, 0.25) is 0 Å². The predicted molar refractivity (Wildman–Crippen MR) is 108 cm³/mol. The van der Waals surface area contributed by atoms with Crippen LogP contribution in [0.25, 0.3) is 22.3 Å². The van der Waals surface area contributed by atoms with Crippen molar-refractivity contribution >= 4 is 22.6 Å². The zero-order valence-corrected chi connectivity index (χ0v) is 15.6. The van der Waals surface area contributed by atoms with Crippen molar-refractivity contribution in [3.63, 3.8) is 0 Å². The molecule has 0 atom stereocenters. The van der Waals surface area contributed by atoms with Crippen molar-refractivity contribution in [1.82, 2.24) is 14.8 Å². The van der Waals surface area contributed by atoms with Gasteiger partial charge in [-0.25, -0.2) is 14.1 Å². The molecule has 0 saturated heterocycles. The number of nitrogens with zero attached hydrogens (tertiary/aromatic N) is 3. The minimum atomic E-state index is -0.399. The molecule has 2 aromatic carbocycles. The molecule has 0 bridgehead atoms. The number of carbonyl (C=O) groups is 1. The molecule has 1 N–H and O–H groups in total. The summed E-state index contributed by atoms with van der Waals surface area (Å²) < 4.78 is 15.4. The van der Waals surface area contributed by atoms with E-state index in [0.29, 0.717) is 34.5 Å². The Morgan fingerprint density at radius 3 is 2.68 bits per heavy atom. The maximum atomic E-state index is 13.6. The number of benzene rings is 2. The number of halogens is 1. The van der Waals surface area contributed by atoms with Crippen molar-refractivity contribution in [3.8, 4) is 11.3 Å². The van der Waals surface area contributed by atoms with Crippen LogP contribution in [0.3, 0.4) is 0 Å². The van der Waals surface area contributed by atoms with Crippen molar-refractivity contribution in [2.45, 2.75) is 20.4 Å². The van der Waals surface area contributed by atoms with E-state index in [0.717, 1.165) is 11.1 Å². The van der Waals surface area contributed by atoms with Crippen LogP contribution >= 0.6 is 0 Å². The van der Waals surface area contributed by atoms with E-state index in [1.165, 1.54) is 12.1 Å². The first-order chi connectivity index (χ1) is 13.6. The third-order valence-electron chi connectivity index (χ3n) is 4.67. The van der Waals surface area contributed by atoms with E-state index in [-0.39, 0.29) is 5.91 Å². The molecule has 0 radical (unpaired) electrons. The Balaban J connectivity index is 1.84. The molecule has 0 unspecified atom stereocenters. The lowest BCUT2D eigenvalue weighted by atomic mass is 10.1. The quantitative estimate of drug-likeness (QED) is 0.557. The molecule has 2 aromatic heterocycles. The first-order valence-electron chi connectivity index (χ1n) is 9.06. The van der Waals surface area contributed by atoms with E-state index >= 15 is 0 Å². The number of pyridine rings is 1. The largest absolute Gasteiger partial charge is 0.322 e. The minimum absolute atomic E-state index is 0.325. The van der Waals surface area contributed by atoms with Gasteiger partial charge in [0, 0.05) is 17.8 Å². The van der Waals surface area contributed by atoms with Gasteiger partial charge in [-0.2, -0.15) is 5.10 Å². The molecule has 0 aliphatic carbocycles. The van der Waals surface area contributed by atoms with Crippen LogP contribution in [0.4, 0.5) is 10.1 Å². The highest BCUT2D eigenvalue weighted by Gasteiger charge is 2.18. The predicted octanol–water partition coefficient (Wildman–Crippen LogP) is 4.82. The highest BCUT2D eigenvalue weighted by atomic mass is 19.1. The zero-order chi connectivity index (χ0) is 19.7. The van der Waals surface area contributed by atoms with Gasteiger partial charge in [-0.15, -0.1) is 0 Å². The van der Waals surface area contributed by atoms with Crippen LogP contribution in [0.2, 0.25) is 0 Å². The molecule has 0 fully saturated rings. The maximum Gasteiger partial charge on any atom is 0.256 e. The topological polar surface area (TPSA) is 59.8 Å². The Kier molecular flexibility index (Phi) is 4.61. The van der Waals surface area contributed by atoms with Crippen molar-refractivity contribution in [3.05, 3.63) is 77.7 Å². The normalized spacial score (nSPS) is 11.0. The number of anilines is 1. The standard InChI is InChI=1S/C22H19FN4O/c1-3-27-21-18(13-24-27)17(12-20(25-21)15-7-5-4-6-8-15)22(28)26-19-11-16(23)10-9-14(19)2/h4-13H,3H2,1-2H3,(H,26,28). The van der Waals surface area contributed by atoms with E-state index in [1.54, 1.807) is 23.0 Å². The van der Waals surface area contributed by atoms with Gasteiger partial charge >= 0.3 is 0 Å². The van der Waals surface area contributed by atoms with Gasteiger partial charge in [-0.3, -0.25) is 4.79 Å². The average molecular weight is 374 g/mol. The number of carbonyl (C=O) groups excluding carboxylic acids is 1. The molecule has 4 rings (SSSR count). The van der Waals surface area contributed by atoms with Crippen molar-refractivity contribution in [1.29, 1.82) is 0 Å². The van der Waals surface area contributed by atoms with Crippen LogP contribution in [-0.4, -0.2) is 20.7 Å². The molecule has 1 amide bonds. The second kappa shape index (κ2) is 7.23. The fourth-order valence-corrected chi connectivity index (χ4v) is 3.14. The Labute approximate surface area is 161 Å². The van der Waals surface area contributed by atoms with Gasteiger partial charge in [0.25, 0.3) is 5.91 Å². The van der Waals surface area contributed by atoms with Gasteiger partial charge < -0.3 is 5.32 Å². The molecule has 2 heterocycles. The van der Waals surface area contributed by atoms with Crippen LogP contribution in [-0.2, 0) is 6.54 Å². The summed E-state index contributed by atoms with van der Waals surface area (Å²) in [6, 6.07) is 15.7. The SMILES string of the molecule is CCn1ncc2c(C(=O)Nc3cc(F)ccc3C)cc(-c3ccccc3)nc21. The molecule has 140 valence electrons. The van der Waals surface area contributed by atoms with Gasteiger partial charge in [0.05, 0.1) is 22.8 Å². The number of rotatable bonds is 4. The van der Waals surface area contributed by atoms with E-state index in [2.05, 4.69) is 10.4 Å². The highest BCUT2D eigenvalue weighted by Crippen LogP contribution is 2.26. The van der Waals surface area contributed by atoms with E-state index in [1.807, 2.05) is 44.2 Å². The molecule has 0 aliphatic heterocycles. The number of amides is 1. The first-order valence-corrected chi connectivity index (χ1v) is 9.06. The fourth-order valence-electron chi connectivity index (χ4n) is 3.14. The summed E-state index contributed by atoms with van der Waals surface area (Å²) in [4.78, 5) is 17.8. The number of aromatic nitrogens is 3. The lowest BCUT2D eigenvalue weighted by molar-refractivity contribution is 0.102. The highest BCUT2D eigenvalue weighted by molar-refractivity contribution is 6.12. The third-order valence-corrected chi connectivity index (χ3v) is 4.67. The fraction of sp³-hybridized carbons (Fsp3) is 0.136. The van der Waals surface area contributed by atoms with E-state index in [4.69, 9.17) is 4.98 Å². The summed E-state index contributed by atoms with van der Waals surface area (Å²) in [7, 11) is 0. The lowest BCUT2D eigenvalue weighted by Gasteiger charge is -2.11. The van der Waals surface area contributed by atoms with Crippen molar-refractivity contribution in [2.75, 3.05) is 5.32 Å². The van der Waals surface area contributed by atoms with Crippen LogP contribution in [0.1, 0.15) is 22.8 Å². The first kappa shape index (κ1) is 17.9. The van der Waals surface area contributed by atoms with E-state index in [9.17, 15) is 9.18 Å². The molecule has 0 aliphatic rings. The molecular weight excluding hydrogens is 355 g/mol. The molecule has 28 heavy (non-hydrogen) atoms. The average Bonchev–Trinajstić information content (AvgIpc) is 3.13. The summed E-state index contributed by atoms with van der Waals surface area (Å²) in [5.74, 6) is -0.724. The van der Waals surface area contributed by atoms with Crippen LogP contribution in [0.5, 0.6) is 0 Å². The zero-order valence-electron chi connectivity index (χ0n) is 15.6. The summed E-state index contributed by atoms with van der Waals surface area (Å²) >= 11 is 0. The molecule has 5 nitrogen and oxygen atoms in total. The molecule has 0 spiro atoms. The van der Waals surface area contributed by atoms with Crippen molar-refractivity contribution < 1.29 is 9.18 Å². The summed E-state index contributed by atoms with van der Waals surface area (Å²) in [6.45, 7) is 4.43. The third kappa shape index (κ3) is 3.24. The molecule has 6 heteroatoms. The smallest absolute Gasteiger partial charge is 0.256 e. The summed E-state index contributed by atoms with van der Waals surface area (Å²) in [5.41, 5.74) is 3.91. The summed E-state index contributed by atoms with van der Waals surface area (Å²) in [6.07, 6.45) is 1.65. The number of fused-ring (bicyclic) bond motifs is 1. The van der Waals surface area contributed by atoms with Gasteiger partial charge in [0.15, 0.2) is 5.65 Å². The van der Waals surface area contributed by atoms with Crippen LogP contribution in [0, 0.1) is 12.7 Å². The van der Waals surface area contributed by atoms with Gasteiger partial charge in [0.1, 0.15) is 5.82 Å². The number of aryl methyl sites for hydroxylation is 2. The summed E-state index contributed by atoms with van der Waals surface area (Å²) in [5, 5.41) is 7.83. The second-order valence-corrected chi connectivity index (χ2v) is 6.53. The van der Waals surface area contributed by atoms with Crippen molar-refractivity contribution in [2.24, 2.45) is 0 Å². The maximum absolute atomic E-state index is 13.6. The Bertz CT molecular complexity index is 1170. The van der Waals surface area contributed by atoms with Crippen LogP contribution in [0.15, 0.2) is 60.8 Å². The lowest BCUT2D eigenvalue weighted by Crippen LogP contribution is -2.14. The number of nitrogens with one attached hydrogen (secondary N) is 1. The monoisotopic (exact) mass is 374 g/mol. The van der Waals surface area contributed by atoms with Gasteiger partial charge in [-0.1, -0.05) is 36.4 Å². The van der Waals surface area contributed by atoms with Gasteiger partial charge in [-0.05, 0) is 37.6 Å². The minimum Gasteiger partial charge on any atom is -0.322 e. The van der Waals surface area contributed by atoms with E-state index < -0.39 is 5.82 Å². The Hall–Kier alpha value is -3.54.